The van der Waals surface area contributed by atoms with Gasteiger partial charge in [0.1, 0.15) is 11.6 Å². The lowest BCUT2D eigenvalue weighted by atomic mass is 10.1. The fraction of sp³-hybridized carbons (Fsp3) is 0.182. The predicted molar refractivity (Wildman–Crippen MR) is 108 cm³/mol. The van der Waals surface area contributed by atoms with E-state index in [1.54, 1.807) is 43.5 Å². The van der Waals surface area contributed by atoms with E-state index in [0.717, 1.165) is 16.0 Å². The van der Waals surface area contributed by atoms with Crippen LogP contribution in [0.5, 0.6) is 5.75 Å². The number of hydrogen-bond donors (Lipinski definition) is 1. The van der Waals surface area contributed by atoms with Crippen molar-refractivity contribution in [3.63, 3.8) is 0 Å². The van der Waals surface area contributed by atoms with Crippen LogP contribution in [0.15, 0.2) is 66.0 Å². The zero-order valence-electron chi connectivity index (χ0n) is 15.8. The maximum Gasteiger partial charge on any atom is 0.310 e. The second-order valence-corrected chi connectivity index (χ2v) is 7.23. The Labute approximate surface area is 172 Å². The van der Waals surface area contributed by atoms with Crippen LogP contribution in [0.25, 0.3) is 0 Å². The molecule has 0 unspecified atom stereocenters. The fourth-order valence-electron chi connectivity index (χ4n) is 2.74. The van der Waals surface area contributed by atoms with E-state index in [1.165, 1.54) is 23.5 Å². The summed E-state index contributed by atoms with van der Waals surface area (Å²) in [5.74, 6) is -0.588. The van der Waals surface area contributed by atoms with Crippen molar-refractivity contribution in [2.75, 3.05) is 13.7 Å². The Morgan fingerprint density at radius 2 is 1.79 bits per heavy atom. The molecule has 0 saturated carbocycles. The van der Waals surface area contributed by atoms with E-state index in [0.29, 0.717) is 5.75 Å². The molecule has 1 amide bonds. The van der Waals surface area contributed by atoms with Gasteiger partial charge in [0.05, 0.1) is 19.6 Å². The van der Waals surface area contributed by atoms with Crippen LogP contribution >= 0.6 is 11.3 Å². The summed E-state index contributed by atoms with van der Waals surface area (Å²) in [7, 11) is 1.57. The van der Waals surface area contributed by atoms with Crippen molar-refractivity contribution in [1.82, 2.24) is 5.32 Å². The van der Waals surface area contributed by atoms with Crippen LogP contribution in [0, 0.1) is 5.82 Å². The van der Waals surface area contributed by atoms with Crippen LogP contribution in [0.4, 0.5) is 4.39 Å². The molecule has 5 nitrogen and oxygen atoms in total. The summed E-state index contributed by atoms with van der Waals surface area (Å²) in [6.45, 7) is -0.391. The smallest absolute Gasteiger partial charge is 0.310 e. The van der Waals surface area contributed by atoms with E-state index >= 15 is 0 Å². The summed E-state index contributed by atoms with van der Waals surface area (Å²) in [6, 6.07) is 16.3. The summed E-state index contributed by atoms with van der Waals surface area (Å²) >= 11 is 1.47. The Hall–Kier alpha value is -3.19. The number of carbonyl (C=O) groups excluding carboxylic acids is 2. The normalized spacial score (nSPS) is 11.5. The van der Waals surface area contributed by atoms with Crippen LogP contribution in [0.1, 0.15) is 22.0 Å². The topological polar surface area (TPSA) is 64.6 Å². The molecule has 7 heteroatoms. The molecule has 0 spiro atoms. The quantitative estimate of drug-likeness (QED) is 0.569. The first-order valence-electron chi connectivity index (χ1n) is 8.92. The second-order valence-electron chi connectivity index (χ2n) is 6.25. The molecule has 0 bridgehead atoms. The molecule has 3 rings (SSSR count). The molecule has 0 aliphatic rings. The standard InChI is InChI=1S/C22H20FNO4S/c1-27-18-10-4-15(5-11-18)13-21(26)28-14-20(25)24-22(19-3-2-12-29-19)16-6-8-17(23)9-7-16/h2-12,22H,13-14H2,1H3,(H,24,25)/t22-/m0/s1. The number of benzene rings is 2. The Bertz CT molecular complexity index is 940. The first kappa shape index (κ1) is 20.5. The SMILES string of the molecule is COc1ccc(CC(=O)OCC(=O)N[C@@H](c2ccc(F)cc2)c2cccs2)cc1. The first-order valence-corrected chi connectivity index (χ1v) is 9.80. The average Bonchev–Trinajstić information content (AvgIpc) is 3.26. The van der Waals surface area contributed by atoms with E-state index in [4.69, 9.17) is 9.47 Å². The number of thiophene rings is 1. The summed E-state index contributed by atoms with van der Waals surface area (Å²) in [6.07, 6.45) is 0.0591. The molecule has 1 aromatic heterocycles. The number of esters is 1. The van der Waals surface area contributed by atoms with Crippen molar-refractivity contribution in [3.05, 3.63) is 87.9 Å². The third-order valence-electron chi connectivity index (χ3n) is 4.21. The molecule has 2 aromatic carbocycles. The predicted octanol–water partition coefficient (Wildman–Crippen LogP) is 3.89. The van der Waals surface area contributed by atoms with Crippen LogP contribution in [-0.4, -0.2) is 25.6 Å². The molecule has 29 heavy (non-hydrogen) atoms. The Balaban J connectivity index is 1.57. The van der Waals surface area contributed by atoms with Crippen molar-refractivity contribution in [2.24, 2.45) is 0 Å². The fourth-order valence-corrected chi connectivity index (χ4v) is 3.54. The summed E-state index contributed by atoms with van der Waals surface area (Å²) in [5.41, 5.74) is 1.51. The number of rotatable bonds is 8. The zero-order valence-corrected chi connectivity index (χ0v) is 16.6. The van der Waals surface area contributed by atoms with Crippen LogP contribution < -0.4 is 10.1 Å². The molecule has 3 aromatic rings. The minimum atomic E-state index is -0.500. The number of methoxy groups -OCH3 is 1. The molecular formula is C22H20FNO4S. The second kappa shape index (κ2) is 9.84. The lowest BCUT2D eigenvalue weighted by Crippen LogP contribution is -2.33. The van der Waals surface area contributed by atoms with Gasteiger partial charge in [0.15, 0.2) is 6.61 Å². The van der Waals surface area contributed by atoms with Gasteiger partial charge in [-0.3, -0.25) is 9.59 Å². The van der Waals surface area contributed by atoms with Crippen LogP contribution in [0.2, 0.25) is 0 Å². The number of hydrogen-bond acceptors (Lipinski definition) is 5. The minimum absolute atomic E-state index is 0.0591. The van der Waals surface area contributed by atoms with Crippen molar-refractivity contribution in [3.8, 4) is 5.75 Å². The van der Waals surface area contributed by atoms with E-state index in [2.05, 4.69) is 5.32 Å². The number of ether oxygens (including phenoxy) is 2. The molecular weight excluding hydrogens is 393 g/mol. The number of amides is 1. The van der Waals surface area contributed by atoms with Gasteiger partial charge < -0.3 is 14.8 Å². The third kappa shape index (κ3) is 5.89. The highest BCUT2D eigenvalue weighted by Crippen LogP contribution is 2.26. The van der Waals surface area contributed by atoms with Gasteiger partial charge >= 0.3 is 5.97 Å². The van der Waals surface area contributed by atoms with Crippen molar-refractivity contribution >= 4 is 23.2 Å². The van der Waals surface area contributed by atoms with Crippen molar-refractivity contribution in [2.45, 2.75) is 12.5 Å². The van der Waals surface area contributed by atoms with Gasteiger partial charge in [-0.2, -0.15) is 0 Å². The summed E-state index contributed by atoms with van der Waals surface area (Å²) < 4.78 is 23.4. The molecule has 1 N–H and O–H groups in total. The van der Waals surface area contributed by atoms with E-state index in [-0.39, 0.29) is 12.2 Å². The van der Waals surface area contributed by atoms with Gasteiger partial charge in [-0.05, 0) is 46.8 Å². The van der Waals surface area contributed by atoms with Gasteiger partial charge in [-0.1, -0.05) is 30.3 Å². The maximum atomic E-state index is 13.2. The lowest BCUT2D eigenvalue weighted by Gasteiger charge is -2.18. The van der Waals surface area contributed by atoms with Crippen LogP contribution in [-0.2, 0) is 20.7 Å². The lowest BCUT2D eigenvalue weighted by molar-refractivity contribution is -0.148. The maximum absolute atomic E-state index is 13.2. The average molecular weight is 413 g/mol. The Kier molecular flexibility index (Phi) is 6.97. The van der Waals surface area contributed by atoms with Gasteiger partial charge in [0.25, 0.3) is 5.91 Å². The molecule has 1 atom stereocenters. The highest BCUT2D eigenvalue weighted by atomic mass is 32.1. The molecule has 0 aliphatic carbocycles. The molecule has 1 heterocycles. The monoisotopic (exact) mass is 413 g/mol. The summed E-state index contributed by atoms with van der Waals surface area (Å²) in [4.78, 5) is 25.3. The number of halogens is 1. The highest BCUT2D eigenvalue weighted by molar-refractivity contribution is 7.10. The molecule has 0 fully saturated rings. The van der Waals surface area contributed by atoms with E-state index in [1.807, 2.05) is 17.5 Å². The molecule has 150 valence electrons. The summed E-state index contributed by atoms with van der Waals surface area (Å²) in [5, 5.41) is 4.74. The van der Waals surface area contributed by atoms with Gasteiger partial charge in [0, 0.05) is 4.88 Å². The van der Waals surface area contributed by atoms with Gasteiger partial charge in [-0.15, -0.1) is 11.3 Å². The first-order chi connectivity index (χ1) is 14.0. The van der Waals surface area contributed by atoms with Crippen molar-refractivity contribution in [1.29, 1.82) is 0 Å². The van der Waals surface area contributed by atoms with E-state index < -0.39 is 24.5 Å². The molecule has 0 aliphatic heterocycles. The highest BCUT2D eigenvalue weighted by Gasteiger charge is 2.19. The zero-order chi connectivity index (χ0) is 20.6. The van der Waals surface area contributed by atoms with Gasteiger partial charge in [0.2, 0.25) is 0 Å². The number of carbonyl (C=O) groups is 2. The Morgan fingerprint density at radius 1 is 1.07 bits per heavy atom. The molecule has 0 saturated heterocycles. The Morgan fingerprint density at radius 3 is 2.41 bits per heavy atom. The number of nitrogens with one attached hydrogen (secondary N) is 1. The van der Waals surface area contributed by atoms with E-state index in [9.17, 15) is 14.0 Å². The third-order valence-corrected chi connectivity index (χ3v) is 5.15. The van der Waals surface area contributed by atoms with Crippen LogP contribution in [0.3, 0.4) is 0 Å². The molecule has 0 radical (unpaired) electrons. The minimum Gasteiger partial charge on any atom is -0.497 e. The van der Waals surface area contributed by atoms with Crippen molar-refractivity contribution < 1.29 is 23.5 Å². The largest absolute Gasteiger partial charge is 0.497 e. The van der Waals surface area contributed by atoms with Gasteiger partial charge in [-0.25, -0.2) is 4.39 Å².